The number of hydrogen-bond acceptors (Lipinski definition) is 5. The van der Waals surface area contributed by atoms with E-state index in [4.69, 9.17) is 10.00 Å². The molecule has 0 unspecified atom stereocenters. The smallest absolute Gasteiger partial charge is 0.175 e. The van der Waals surface area contributed by atoms with E-state index in [0.717, 1.165) is 12.1 Å². The molecule has 1 rings (SSSR count). The summed E-state index contributed by atoms with van der Waals surface area (Å²) < 4.78 is 9.09. The molecule has 1 aromatic heterocycles. The van der Waals surface area contributed by atoms with Gasteiger partial charge in [-0.05, 0) is 24.9 Å². The summed E-state index contributed by atoms with van der Waals surface area (Å²) in [6.45, 7) is 4.41. The van der Waals surface area contributed by atoms with Crippen LogP contribution in [-0.2, 0) is 11.2 Å². The molecule has 5 heteroatoms. The van der Waals surface area contributed by atoms with E-state index in [2.05, 4.69) is 15.4 Å². The number of aryl methyl sites for hydroxylation is 1. The Morgan fingerprint density at radius 3 is 3.00 bits per heavy atom. The Hall–Kier alpha value is -1.41. The number of aliphatic imine (C=N–C) groups is 1. The summed E-state index contributed by atoms with van der Waals surface area (Å²) in [5.74, 6) is 0. The van der Waals surface area contributed by atoms with Crippen molar-refractivity contribution in [2.24, 2.45) is 4.99 Å². The monoisotopic (exact) mass is 209 g/mol. The van der Waals surface area contributed by atoms with Crippen LogP contribution in [0.2, 0.25) is 0 Å². The lowest BCUT2D eigenvalue weighted by Crippen LogP contribution is -1.85. The van der Waals surface area contributed by atoms with Crippen molar-refractivity contribution in [3.8, 4) is 6.07 Å². The largest absolute Gasteiger partial charge is 0.483 e. The van der Waals surface area contributed by atoms with Gasteiger partial charge in [0.05, 0.1) is 12.3 Å². The van der Waals surface area contributed by atoms with Gasteiger partial charge in [0, 0.05) is 0 Å². The van der Waals surface area contributed by atoms with E-state index in [1.807, 2.05) is 13.8 Å². The Balaban J connectivity index is 2.88. The summed E-state index contributed by atoms with van der Waals surface area (Å²) in [5, 5.41) is 9.50. The molecule has 0 aliphatic rings. The summed E-state index contributed by atoms with van der Waals surface area (Å²) in [4.78, 5) is 4.02. The zero-order chi connectivity index (χ0) is 10.4. The van der Waals surface area contributed by atoms with Gasteiger partial charge in [0.25, 0.3) is 0 Å². The van der Waals surface area contributed by atoms with Crippen molar-refractivity contribution in [2.75, 3.05) is 6.61 Å². The molecular formula is C9H11N3OS. The number of rotatable bonds is 4. The van der Waals surface area contributed by atoms with Crippen molar-refractivity contribution in [3.63, 3.8) is 0 Å². The SMILES string of the molecule is CCOC=Nc1snc(CC)c1C#N. The van der Waals surface area contributed by atoms with E-state index in [-0.39, 0.29) is 0 Å². The van der Waals surface area contributed by atoms with Crippen LogP contribution in [0.4, 0.5) is 5.00 Å². The second-order valence-corrected chi connectivity index (χ2v) is 3.22. The molecule has 0 saturated heterocycles. The van der Waals surface area contributed by atoms with Gasteiger partial charge >= 0.3 is 0 Å². The number of nitriles is 1. The number of hydrogen-bond donors (Lipinski definition) is 0. The van der Waals surface area contributed by atoms with Crippen molar-refractivity contribution in [2.45, 2.75) is 20.3 Å². The van der Waals surface area contributed by atoms with Gasteiger partial charge in [0.2, 0.25) is 0 Å². The summed E-state index contributed by atoms with van der Waals surface area (Å²) in [6.07, 6.45) is 2.11. The second kappa shape index (κ2) is 5.35. The van der Waals surface area contributed by atoms with Gasteiger partial charge in [-0.1, -0.05) is 6.92 Å². The van der Waals surface area contributed by atoms with Gasteiger partial charge in [-0.15, -0.1) is 0 Å². The molecule has 0 aliphatic carbocycles. The Labute approximate surface area is 87.0 Å². The van der Waals surface area contributed by atoms with Gasteiger partial charge < -0.3 is 4.74 Å². The Kier molecular flexibility index (Phi) is 4.08. The fourth-order valence-electron chi connectivity index (χ4n) is 0.915. The lowest BCUT2D eigenvalue weighted by Gasteiger charge is -1.91. The summed E-state index contributed by atoms with van der Waals surface area (Å²) >= 11 is 1.23. The molecule has 0 aliphatic heterocycles. The Morgan fingerprint density at radius 2 is 2.43 bits per heavy atom. The van der Waals surface area contributed by atoms with Crippen LogP contribution in [0.5, 0.6) is 0 Å². The van der Waals surface area contributed by atoms with E-state index in [1.54, 1.807) is 0 Å². The van der Waals surface area contributed by atoms with E-state index >= 15 is 0 Å². The molecule has 0 saturated carbocycles. The first-order chi connectivity index (χ1) is 6.83. The number of aromatic nitrogens is 1. The van der Waals surface area contributed by atoms with Gasteiger partial charge in [0.15, 0.2) is 11.4 Å². The first-order valence-corrected chi connectivity index (χ1v) is 5.13. The maximum Gasteiger partial charge on any atom is 0.175 e. The molecule has 14 heavy (non-hydrogen) atoms. The van der Waals surface area contributed by atoms with Crippen molar-refractivity contribution < 1.29 is 4.74 Å². The molecule has 0 aromatic carbocycles. The molecule has 0 N–H and O–H groups in total. The average Bonchev–Trinajstić information content (AvgIpc) is 2.60. The summed E-state index contributed by atoms with van der Waals surface area (Å²) in [5.41, 5.74) is 1.37. The first-order valence-electron chi connectivity index (χ1n) is 4.36. The fourth-order valence-corrected chi connectivity index (χ4v) is 1.68. The predicted octanol–water partition coefficient (Wildman–Crippen LogP) is 2.27. The fraction of sp³-hybridized carbons (Fsp3) is 0.444. The molecule has 1 aromatic rings. The number of nitrogens with zero attached hydrogens (tertiary/aromatic N) is 3. The molecule has 0 amide bonds. The van der Waals surface area contributed by atoms with Crippen LogP contribution in [0, 0.1) is 11.3 Å². The van der Waals surface area contributed by atoms with Crippen LogP contribution in [0.3, 0.4) is 0 Å². The standard InChI is InChI=1S/C9H11N3OS/c1-3-8-7(5-10)9(14-12-8)11-6-13-4-2/h6H,3-4H2,1-2H3. The van der Waals surface area contributed by atoms with Crippen molar-refractivity contribution in [1.29, 1.82) is 5.26 Å². The van der Waals surface area contributed by atoms with E-state index in [0.29, 0.717) is 17.2 Å². The van der Waals surface area contributed by atoms with E-state index in [1.165, 1.54) is 17.9 Å². The van der Waals surface area contributed by atoms with Gasteiger partial charge in [-0.25, -0.2) is 4.99 Å². The summed E-state index contributed by atoms with van der Waals surface area (Å²) in [6, 6.07) is 2.10. The first kappa shape index (κ1) is 10.7. The third-order valence-corrected chi connectivity index (χ3v) is 2.40. The minimum Gasteiger partial charge on any atom is -0.483 e. The molecule has 0 radical (unpaired) electrons. The quantitative estimate of drug-likeness (QED) is 0.564. The highest BCUT2D eigenvalue weighted by atomic mass is 32.1. The van der Waals surface area contributed by atoms with Crippen molar-refractivity contribution >= 4 is 22.9 Å². The second-order valence-electron chi connectivity index (χ2n) is 2.46. The van der Waals surface area contributed by atoms with Crippen LogP contribution in [0.25, 0.3) is 0 Å². The number of ether oxygens (including phenoxy) is 1. The Bertz CT molecular complexity index is 365. The van der Waals surface area contributed by atoms with Crippen molar-refractivity contribution in [1.82, 2.24) is 4.37 Å². The Morgan fingerprint density at radius 1 is 1.64 bits per heavy atom. The van der Waals surface area contributed by atoms with Gasteiger partial charge in [-0.3, -0.25) is 0 Å². The summed E-state index contributed by atoms with van der Waals surface area (Å²) in [7, 11) is 0. The zero-order valence-corrected chi connectivity index (χ0v) is 8.97. The van der Waals surface area contributed by atoms with Crippen LogP contribution in [0.1, 0.15) is 25.1 Å². The van der Waals surface area contributed by atoms with Crippen LogP contribution >= 0.6 is 11.5 Å². The third-order valence-electron chi connectivity index (χ3n) is 1.60. The van der Waals surface area contributed by atoms with Gasteiger partial charge in [-0.2, -0.15) is 9.64 Å². The van der Waals surface area contributed by atoms with Crippen molar-refractivity contribution in [3.05, 3.63) is 11.3 Å². The van der Waals surface area contributed by atoms with E-state index in [9.17, 15) is 0 Å². The lowest BCUT2D eigenvalue weighted by atomic mass is 10.2. The molecule has 0 spiro atoms. The maximum absolute atomic E-state index is 8.88. The van der Waals surface area contributed by atoms with Crippen LogP contribution < -0.4 is 0 Å². The van der Waals surface area contributed by atoms with E-state index < -0.39 is 0 Å². The topological polar surface area (TPSA) is 58.3 Å². The molecule has 4 nitrogen and oxygen atoms in total. The minimum atomic E-state index is 0.563. The minimum absolute atomic E-state index is 0.563. The maximum atomic E-state index is 8.88. The molecular weight excluding hydrogens is 198 g/mol. The third kappa shape index (κ3) is 2.30. The molecule has 0 bridgehead atoms. The molecule has 74 valence electrons. The molecule has 1 heterocycles. The highest BCUT2D eigenvalue weighted by Crippen LogP contribution is 2.26. The average molecular weight is 209 g/mol. The van der Waals surface area contributed by atoms with Gasteiger partial charge in [0.1, 0.15) is 11.6 Å². The molecule has 0 fully saturated rings. The molecule has 0 atom stereocenters. The lowest BCUT2D eigenvalue weighted by molar-refractivity contribution is 0.344. The van der Waals surface area contributed by atoms with Crippen LogP contribution in [-0.4, -0.2) is 17.4 Å². The zero-order valence-electron chi connectivity index (χ0n) is 8.15. The highest BCUT2D eigenvalue weighted by Gasteiger charge is 2.10. The van der Waals surface area contributed by atoms with Crippen LogP contribution in [0.15, 0.2) is 4.99 Å². The highest BCUT2D eigenvalue weighted by molar-refractivity contribution is 7.10. The normalized spacial score (nSPS) is 10.4. The predicted molar refractivity (Wildman–Crippen MR) is 56.0 cm³/mol.